The molecule has 0 radical (unpaired) electrons. The Bertz CT molecular complexity index is 641. The number of rotatable bonds is 2. The summed E-state index contributed by atoms with van der Waals surface area (Å²) in [5.74, 6) is 0.887. The maximum atomic E-state index is 5.67. The molecular formula is C14H13N3. The highest BCUT2D eigenvalue weighted by atomic mass is 15.0. The van der Waals surface area contributed by atoms with Crippen LogP contribution in [0.25, 0.3) is 16.6 Å². The van der Waals surface area contributed by atoms with Crippen LogP contribution in [0.1, 0.15) is 5.82 Å². The first kappa shape index (κ1) is 10.1. The van der Waals surface area contributed by atoms with Crippen LogP contribution in [0.3, 0.4) is 0 Å². The highest BCUT2D eigenvalue weighted by molar-refractivity contribution is 5.79. The van der Waals surface area contributed by atoms with E-state index in [0.717, 1.165) is 11.3 Å². The first-order chi connectivity index (χ1) is 8.40. The molecule has 3 rings (SSSR count). The molecule has 3 aromatic rings. The van der Waals surface area contributed by atoms with Crippen molar-refractivity contribution in [3.05, 3.63) is 60.7 Å². The van der Waals surface area contributed by atoms with Gasteiger partial charge in [-0.2, -0.15) is 0 Å². The molecule has 84 valence electrons. The van der Waals surface area contributed by atoms with Crippen molar-refractivity contribution in [3.8, 4) is 11.1 Å². The number of hydrogen-bond acceptors (Lipinski definition) is 2. The van der Waals surface area contributed by atoms with Gasteiger partial charge in [0.2, 0.25) is 0 Å². The standard InChI is InChI=1S/C14H13N3/c15-9-14-16-10-13-12(7-4-8-17(13)14)11-5-2-1-3-6-11/h1-8,10H,9,15H2. The summed E-state index contributed by atoms with van der Waals surface area (Å²) < 4.78 is 2.04. The molecule has 17 heavy (non-hydrogen) atoms. The van der Waals surface area contributed by atoms with E-state index in [1.54, 1.807) is 0 Å². The number of benzene rings is 1. The first-order valence-electron chi connectivity index (χ1n) is 5.60. The lowest BCUT2D eigenvalue weighted by molar-refractivity contribution is 0.904. The number of aromatic nitrogens is 2. The van der Waals surface area contributed by atoms with E-state index >= 15 is 0 Å². The molecule has 0 atom stereocenters. The molecule has 0 amide bonds. The highest BCUT2D eigenvalue weighted by Gasteiger charge is 2.06. The Morgan fingerprint density at radius 3 is 2.65 bits per heavy atom. The number of fused-ring (bicyclic) bond motifs is 1. The van der Waals surface area contributed by atoms with Crippen molar-refractivity contribution in [2.24, 2.45) is 5.73 Å². The molecule has 0 saturated carbocycles. The summed E-state index contributed by atoms with van der Waals surface area (Å²) in [5, 5.41) is 0. The monoisotopic (exact) mass is 223 g/mol. The number of imidazole rings is 1. The second kappa shape index (κ2) is 4.03. The molecule has 3 nitrogen and oxygen atoms in total. The van der Waals surface area contributed by atoms with Crippen molar-refractivity contribution in [3.63, 3.8) is 0 Å². The first-order valence-corrected chi connectivity index (χ1v) is 5.60. The van der Waals surface area contributed by atoms with Gasteiger partial charge < -0.3 is 10.1 Å². The Morgan fingerprint density at radius 2 is 1.88 bits per heavy atom. The van der Waals surface area contributed by atoms with Crippen LogP contribution < -0.4 is 5.73 Å². The minimum atomic E-state index is 0.451. The minimum Gasteiger partial charge on any atom is -0.324 e. The van der Waals surface area contributed by atoms with Crippen LogP contribution in [0.15, 0.2) is 54.9 Å². The van der Waals surface area contributed by atoms with E-state index in [0.29, 0.717) is 6.54 Å². The Balaban J connectivity index is 2.28. The van der Waals surface area contributed by atoms with Gasteiger partial charge in [-0.15, -0.1) is 0 Å². The average Bonchev–Trinajstić information content (AvgIpc) is 2.82. The Labute approximate surface area is 99.5 Å². The van der Waals surface area contributed by atoms with Gasteiger partial charge in [0.15, 0.2) is 0 Å². The normalized spacial score (nSPS) is 10.9. The molecule has 0 aliphatic carbocycles. The van der Waals surface area contributed by atoms with Crippen LogP contribution in [0, 0.1) is 0 Å². The maximum absolute atomic E-state index is 5.67. The van der Waals surface area contributed by atoms with E-state index in [4.69, 9.17) is 5.73 Å². The predicted molar refractivity (Wildman–Crippen MR) is 68.5 cm³/mol. The van der Waals surface area contributed by atoms with E-state index < -0.39 is 0 Å². The van der Waals surface area contributed by atoms with Crippen molar-refractivity contribution >= 4 is 5.52 Å². The Kier molecular flexibility index (Phi) is 2.38. The highest BCUT2D eigenvalue weighted by Crippen LogP contribution is 2.24. The van der Waals surface area contributed by atoms with Crippen LogP contribution in [0.5, 0.6) is 0 Å². The van der Waals surface area contributed by atoms with E-state index in [9.17, 15) is 0 Å². The second-order valence-corrected chi connectivity index (χ2v) is 3.92. The molecule has 0 aliphatic heterocycles. The molecule has 3 heteroatoms. The van der Waals surface area contributed by atoms with Gasteiger partial charge >= 0.3 is 0 Å². The van der Waals surface area contributed by atoms with Gasteiger partial charge in [-0.05, 0) is 11.6 Å². The SMILES string of the molecule is NCc1ncc2c(-c3ccccc3)cccn12. The smallest absolute Gasteiger partial charge is 0.127 e. The Morgan fingerprint density at radius 1 is 1.06 bits per heavy atom. The van der Waals surface area contributed by atoms with Gasteiger partial charge in [-0.25, -0.2) is 4.98 Å². The molecule has 0 unspecified atom stereocenters. The number of nitrogens with two attached hydrogens (primary N) is 1. The molecule has 1 aromatic carbocycles. The van der Waals surface area contributed by atoms with E-state index in [-0.39, 0.29) is 0 Å². The van der Waals surface area contributed by atoms with Crippen molar-refractivity contribution < 1.29 is 0 Å². The summed E-state index contributed by atoms with van der Waals surface area (Å²) in [7, 11) is 0. The molecule has 2 N–H and O–H groups in total. The lowest BCUT2D eigenvalue weighted by Gasteiger charge is -2.05. The van der Waals surface area contributed by atoms with Gasteiger partial charge in [-0.3, -0.25) is 0 Å². The Hall–Kier alpha value is -2.13. The molecule has 0 bridgehead atoms. The third-order valence-corrected chi connectivity index (χ3v) is 2.91. The fourth-order valence-corrected chi connectivity index (χ4v) is 2.09. The summed E-state index contributed by atoms with van der Waals surface area (Å²) >= 11 is 0. The molecule has 0 aliphatic rings. The lowest BCUT2D eigenvalue weighted by Crippen LogP contribution is -2.02. The topological polar surface area (TPSA) is 43.3 Å². The van der Waals surface area contributed by atoms with Gasteiger partial charge in [0, 0.05) is 11.8 Å². The fraction of sp³-hybridized carbons (Fsp3) is 0.0714. The van der Waals surface area contributed by atoms with E-state index in [1.807, 2.05) is 41.1 Å². The van der Waals surface area contributed by atoms with Gasteiger partial charge in [0.05, 0.1) is 18.3 Å². The van der Waals surface area contributed by atoms with Crippen LogP contribution >= 0.6 is 0 Å². The summed E-state index contributed by atoms with van der Waals surface area (Å²) in [6, 6.07) is 14.4. The van der Waals surface area contributed by atoms with Crippen molar-refractivity contribution in [2.45, 2.75) is 6.54 Å². The van der Waals surface area contributed by atoms with Crippen LogP contribution in [-0.4, -0.2) is 9.38 Å². The quantitative estimate of drug-likeness (QED) is 0.725. The van der Waals surface area contributed by atoms with Gasteiger partial charge in [0.1, 0.15) is 5.82 Å². The second-order valence-electron chi connectivity index (χ2n) is 3.92. The van der Waals surface area contributed by atoms with Crippen molar-refractivity contribution in [1.29, 1.82) is 0 Å². The molecule has 2 aromatic heterocycles. The van der Waals surface area contributed by atoms with Crippen LogP contribution in [0.4, 0.5) is 0 Å². The van der Waals surface area contributed by atoms with Gasteiger partial charge in [-0.1, -0.05) is 36.4 Å². The largest absolute Gasteiger partial charge is 0.324 e. The number of pyridine rings is 1. The van der Waals surface area contributed by atoms with Gasteiger partial charge in [0.25, 0.3) is 0 Å². The summed E-state index contributed by atoms with van der Waals surface area (Å²) in [4.78, 5) is 4.34. The zero-order valence-electron chi connectivity index (χ0n) is 9.38. The van der Waals surface area contributed by atoms with Crippen LogP contribution in [-0.2, 0) is 6.54 Å². The van der Waals surface area contributed by atoms with E-state index in [1.165, 1.54) is 11.1 Å². The molecular weight excluding hydrogens is 210 g/mol. The zero-order chi connectivity index (χ0) is 11.7. The van der Waals surface area contributed by atoms with Crippen molar-refractivity contribution in [2.75, 3.05) is 0 Å². The van der Waals surface area contributed by atoms with Crippen molar-refractivity contribution in [1.82, 2.24) is 9.38 Å². The predicted octanol–water partition coefficient (Wildman–Crippen LogP) is 2.46. The summed E-state index contributed by atoms with van der Waals surface area (Å²) in [5.41, 5.74) is 9.14. The summed E-state index contributed by atoms with van der Waals surface area (Å²) in [6.07, 6.45) is 3.88. The molecule has 0 fully saturated rings. The number of hydrogen-bond donors (Lipinski definition) is 1. The lowest BCUT2D eigenvalue weighted by atomic mass is 10.1. The van der Waals surface area contributed by atoms with E-state index in [2.05, 4.69) is 23.2 Å². The average molecular weight is 223 g/mol. The van der Waals surface area contributed by atoms with Crippen LogP contribution in [0.2, 0.25) is 0 Å². The summed E-state index contributed by atoms with van der Waals surface area (Å²) in [6.45, 7) is 0.451. The minimum absolute atomic E-state index is 0.451. The third-order valence-electron chi connectivity index (χ3n) is 2.91. The third kappa shape index (κ3) is 1.61. The fourth-order valence-electron chi connectivity index (χ4n) is 2.09. The molecule has 0 saturated heterocycles. The maximum Gasteiger partial charge on any atom is 0.127 e. The number of nitrogens with zero attached hydrogens (tertiary/aromatic N) is 2. The zero-order valence-corrected chi connectivity index (χ0v) is 9.38. The molecule has 0 spiro atoms. The molecule has 2 heterocycles.